The Balaban J connectivity index is 1.50. The molecule has 0 saturated carbocycles. The number of pyridine rings is 1. The van der Waals surface area contributed by atoms with Gasteiger partial charge >= 0.3 is 0 Å². The van der Waals surface area contributed by atoms with E-state index in [0.29, 0.717) is 26.5 Å². The molecule has 0 spiro atoms. The van der Waals surface area contributed by atoms with Crippen molar-refractivity contribution in [3.8, 4) is 11.1 Å². The minimum atomic E-state index is -0.877. The molecule has 1 aromatic carbocycles. The van der Waals surface area contributed by atoms with Gasteiger partial charge in [0.2, 0.25) is 11.9 Å². The lowest BCUT2D eigenvalue weighted by Crippen LogP contribution is -2.22. The molecule has 0 atom stereocenters. The molecule has 0 aliphatic rings. The molecule has 0 saturated heterocycles. The lowest BCUT2D eigenvalue weighted by Gasteiger charge is -2.07. The van der Waals surface area contributed by atoms with Gasteiger partial charge in [-0.25, -0.2) is 0 Å². The number of nitrogen functional groups attached to an aromatic ring is 1. The van der Waals surface area contributed by atoms with E-state index in [4.69, 9.17) is 5.73 Å². The van der Waals surface area contributed by atoms with Crippen molar-refractivity contribution in [2.75, 3.05) is 5.73 Å². The van der Waals surface area contributed by atoms with Crippen LogP contribution in [0.1, 0.15) is 26.5 Å². The SMILES string of the molecule is Cc1nnc2sc(C(=O)NCc3ccc(-c4cc(F)nc(F)c4)cc3)c(N)c2c1C. The first kappa shape index (κ1) is 19.8. The fourth-order valence-corrected chi connectivity index (χ4v) is 4.14. The van der Waals surface area contributed by atoms with Crippen LogP contribution in [0.15, 0.2) is 36.4 Å². The molecule has 3 heterocycles. The molecule has 4 aromatic rings. The van der Waals surface area contributed by atoms with Gasteiger partial charge in [0, 0.05) is 24.1 Å². The standard InChI is InChI=1S/C21H17F2N5OS/c1-10-11(2)27-28-21-17(10)18(24)19(30-21)20(29)25-9-12-3-5-13(6-4-12)14-7-15(22)26-16(23)8-14/h3-8H,9,24H2,1-2H3,(H,25,29). The highest BCUT2D eigenvalue weighted by molar-refractivity contribution is 7.21. The molecule has 3 aromatic heterocycles. The molecule has 0 bridgehead atoms. The quantitative estimate of drug-likeness (QED) is 0.479. The Morgan fingerprint density at radius 3 is 2.40 bits per heavy atom. The molecule has 4 rings (SSSR count). The van der Waals surface area contributed by atoms with Gasteiger partial charge in [-0.1, -0.05) is 24.3 Å². The maximum atomic E-state index is 13.3. The van der Waals surface area contributed by atoms with Crippen molar-refractivity contribution >= 4 is 33.1 Å². The summed E-state index contributed by atoms with van der Waals surface area (Å²) in [6.45, 7) is 4.02. The maximum absolute atomic E-state index is 13.3. The number of carbonyl (C=O) groups excluding carboxylic acids is 1. The van der Waals surface area contributed by atoms with Crippen LogP contribution >= 0.6 is 11.3 Å². The van der Waals surface area contributed by atoms with Crippen molar-refractivity contribution in [1.82, 2.24) is 20.5 Å². The number of nitrogens with one attached hydrogen (secondary N) is 1. The fraction of sp³-hybridized carbons (Fsp3) is 0.143. The highest BCUT2D eigenvalue weighted by atomic mass is 32.1. The summed E-state index contributed by atoms with van der Waals surface area (Å²) < 4.78 is 26.6. The van der Waals surface area contributed by atoms with Gasteiger partial charge in [0.1, 0.15) is 9.71 Å². The summed E-state index contributed by atoms with van der Waals surface area (Å²) in [5.74, 6) is -2.05. The van der Waals surface area contributed by atoms with E-state index in [0.717, 1.165) is 34.3 Å². The molecule has 9 heteroatoms. The van der Waals surface area contributed by atoms with Crippen LogP contribution in [-0.2, 0) is 6.54 Å². The largest absolute Gasteiger partial charge is 0.397 e. The summed E-state index contributed by atoms with van der Waals surface area (Å²) in [6, 6.07) is 9.34. The van der Waals surface area contributed by atoms with Crippen molar-refractivity contribution in [3.63, 3.8) is 0 Å². The van der Waals surface area contributed by atoms with Gasteiger partial charge in [-0.15, -0.1) is 16.4 Å². The van der Waals surface area contributed by atoms with E-state index in [9.17, 15) is 13.6 Å². The molecular weight excluding hydrogens is 408 g/mol. The number of benzene rings is 1. The lowest BCUT2D eigenvalue weighted by molar-refractivity contribution is 0.0956. The van der Waals surface area contributed by atoms with Crippen LogP contribution < -0.4 is 11.1 Å². The Labute approximate surface area is 174 Å². The summed E-state index contributed by atoms with van der Waals surface area (Å²) in [7, 11) is 0. The summed E-state index contributed by atoms with van der Waals surface area (Å²) in [6.07, 6.45) is 0. The number of fused-ring (bicyclic) bond motifs is 1. The fourth-order valence-electron chi connectivity index (χ4n) is 3.12. The smallest absolute Gasteiger partial charge is 0.263 e. The number of hydrogen-bond acceptors (Lipinski definition) is 6. The normalized spacial score (nSPS) is 11.1. The second-order valence-corrected chi connectivity index (χ2v) is 7.82. The van der Waals surface area contributed by atoms with E-state index in [-0.39, 0.29) is 12.5 Å². The van der Waals surface area contributed by atoms with Crippen molar-refractivity contribution in [2.45, 2.75) is 20.4 Å². The zero-order valence-electron chi connectivity index (χ0n) is 16.2. The third-order valence-electron chi connectivity index (χ3n) is 4.84. The second kappa shape index (κ2) is 7.75. The van der Waals surface area contributed by atoms with Crippen molar-refractivity contribution < 1.29 is 13.6 Å². The van der Waals surface area contributed by atoms with Crippen LogP contribution in [0, 0.1) is 25.7 Å². The predicted octanol–water partition coefficient (Wildman–Crippen LogP) is 4.16. The maximum Gasteiger partial charge on any atom is 0.263 e. The van der Waals surface area contributed by atoms with Crippen LogP contribution in [0.25, 0.3) is 21.3 Å². The van der Waals surface area contributed by atoms with Crippen molar-refractivity contribution in [3.05, 3.63) is 70.0 Å². The van der Waals surface area contributed by atoms with E-state index in [1.807, 2.05) is 13.8 Å². The third kappa shape index (κ3) is 3.71. The molecule has 6 nitrogen and oxygen atoms in total. The van der Waals surface area contributed by atoms with Gasteiger partial charge in [0.25, 0.3) is 5.91 Å². The highest BCUT2D eigenvalue weighted by Gasteiger charge is 2.19. The molecule has 0 aliphatic heterocycles. The second-order valence-electron chi connectivity index (χ2n) is 6.82. The van der Waals surface area contributed by atoms with Gasteiger partial charge in [-0.3, -0.25) is 4.79 Å². The third-order valence-corrected chi connectivity index (χ3v) is 5.93. The summed E-state index contributed by atoms with van der Waals surface area (Å²) >= 11 is 1.20. The number of rotatable bonds is 4. The van der Waals surface area contributed by atoms with Crippen LogP contribution in [0.3, 0.4) is 0 Å². The average molecular weight is 425 g/mol. The zero-order valence-corrected chi connectivity index (χ0v) is 17.0. The van der Waals surface area contributed by atoms with Gasteiger partial charge in [0.05, 0.1) is 11.4 Å². The average Bonchev–Trinajstić information content (AvgIpc) is 3.06. The number of amides is 1. The molecular formula is C21H17F2N5OS. The molecule has 30 heavy (non-hydrogen) atoms. The monoisotopic (exact) mass is 425 g/mol. The number of thiophene rings is 1. The van der Waals surface area contributed by atoms with Crippen LogP contribution in [-0.4, -0.2) is 21.1 Å². The number of halogens is 2. The molecule has 0 fully saturated rings. The number of anilines is 1. The first-order valence-electron chi connectivity index (χ1n) is 9.06. The minimum Gasteiger partial charge on any atom is -0.397 e. The van der Waals surface area contributed by atoms with Gasteiger partial charge in [-0.05, 0) is 36.1 Å². The first-order valence-corrected chi connectivity index (χ1v) is 9.87. The summed E-state index contributed by atoms with van der Waals surface area (Å²) in [5.41, 5.74) is 10.1. The number of aromatic nitrogens is 3. The van der Waals surface area contributed by atoms with Crippen LogP contribution in [0.5, 0.6) is 0 Å². The van der Waals surface area contributed by atoms with Crippen LogP contribution in [0.4, 0.5) is 14.5 Å². The predicted molar refractivity (Wildman–Crippen MR) is 112 cm³/mol. The molecule has 0 unspecified atom stereocenters. The van der Waals surface area contributed by atoms with Crippen LogP contribution in [0.2, 0.25) is 0 Å². The van der Waals surface area contributed by atoms with Gasteiger partial charge < -0.3 is 11.1 Å². The topological polar surface area (TPSA) is 93.8 Å². The zero-order chi connectivity index (χ0) is 21.4. The first-order chi connectivity index (χ1) is 14.3. The summed E-state index contributed by atoms with van der Waals surface area (Å²) in [4.78, 5) is 16.8. The number of carbonyl (C=O) groups is 1. The number of nitrogens with two attached hydrogens (primary N) is 1. The molecule has 0 aliphatic carbocycles. The van der Waals surface area contributed by atoms with Gasteiger partial charge in [0.15, 0.2) is 0 Å². The highest BCUT2D eigenvalue weighted by Crippen LogP contribution is 2.34. The Morgan fingerprint density at radius 1 is 1.07 bits per heavy atom. The van der Waals surface area contributed by atoms with E-state index in [2.05, 4.69) is 20.5 Å². The number of aryl methyl sites for hydroxylation is 2. The van der Waals surface area contributed by atoms with E-state index in [1.165, 1.54) is 11.3 Å². The van der Waals surface area contributed by atoms with Crippen molar-refractivity contribution in [1.29, 1.82) is 0 Å². The van der Waals surface area contributed by atoms with E-state index >= 15 is 0 Å². The number of nitrogens with zero attached hydrogens (tertiary/aromatic N) is 3. The molecule has 152 valence electrons. The minimum absolute atomic E-state index is 0.273. The van der Waals surface area contributed by atoms with Crippen molar-refractivity contribution in [2.24, 2.45) is 0 Å². The van der Waals surface area contributed by atoms with Gasteiger partial charge in [-0.2, -0.15) is 18.9 Å². The molecule has 0 radical (unpaired) electrons. The Morgan fingerprint density at radius 2 is 1.73 bits per heavy atom. The number of hydrogen-bond donors (Lipinski definition) is 2. The molecule has 1 amide bonds. The Kier molecular flexibility index (Phi) is 5.13. The lowest BCUT2D eigenvalue weighted by atomic mass is 10.0. The molecule has 3 N–H and O–H groups in total. The Bertz CT molecular complexity index is 1250. The Hall–Kier alpha value is -3.46. The van der Waals surface area contributed by atoms with E-state index in [1.54, 1.807) is 24.3 Å². The summed E-state index contributed by atoms with van der Waals surface area (Å²) in [5, 5.41) is 11.8. The van der Waals surface area contributed by atoms with E-state index < -0.39 is 11.9 Å².